The van der Waals surface area contributed by atoms with Crippen molar-refractivity contribution in [1.82, 2.24) is 10.2 Å². The van der Waals surface area contributed by atoms with Crippen molar-refractivity contribution in [2.75, 3.05) is 23.7 Å². The first-order valence-electron chi connectivity index (χ1n) is 14.0. The van der Waals surface area contributed by atoms with Gasteiger partial charge >= 0.3 is 0 Å². The minimum Gasteiger partial charge on any atom is -0.354 e. The number of carbonyl (C=O) groups is 2. The van der Waals surface area contributed by atoms with E-state index in [4.69, 9.17) is 0 Å². The van der Waals surface area contributed by atoms with Crippen LogP contribution in [-0.4, -0.2) is 50.5 Å². The van der Waals surface area contributed by atoms with E-state index in [-0.39, 0.29) is 44.2 Å². The van der Waals surface area contributed by atoms with Gasteiger partial charge in [0.1, 0.15) is 11.9 Å². The van der Waals surface area contributed by atoms with Crippen LogP contribution in [-0.2, 0) is 32.6 Å². The molecule has 41 heavy (non-hydrogen) atoms. The lowest BCUT2D eigenvalue weighted by molar-refractivity contribution is -0.141. The van der Waals surface area contributed by atoms with Gasteiger partial charge in [0.15, 0.2) is 0 Å². The van der Waals surface area contributed by atoms with E-state index in [9.17, 15) is 22.4 Å². The Balaban J connectivity index is 1.88. The maximum absolute atomic E-state index is 14.8. The summed E-state index contributed by atoms with van der Waals surface area (Å²) in [5.41, 5.74) is 2.62. The van der Waals surface area contributed by atoms with Crippen LogP contribution in [0.25, 0.3) is 0 Å². The first-order valence-corrected chi connectivity index (χ1v) is 15.8. The topological polar surface area (TPSA) is 86.8 Å². The van der Waals surface area contributed by atoms with Gasteiger partial charge in [-0.05, 0) is 49.1 Å². The molecule has 0 saturated heterocycles. The van der Waals surface area contributed by atoms with E-state index < -0.39 is 21.9 Å². The highest BCUT2D eigenvalue weighted by Gasteiger charge is 2.31. The van der Waals surface area contributed by atoms with Gasteiger partial charge in [-0.1, -0.05) is 74.0 Å². The lowest BCUT2D eigenvalue weighted by Gasteiger charge is -2.32. The Kier molecular flexibility index (Phi) is 11.9. The van der Waals surface area contributed by atoms with E-state index in [1.54, 1.807) is 36.4 Å². The summed E-state index contributed by atoms with van der Waals surface area (Å²) in [6.45, 7) is 4.39. The first-order chi connectivity index (χ1) is 19.6. The SMILES string of the molecule is CCCCNC(=O)C(Cc1ccccc1)N(Cc1ccccc1F)C(=O)CCCN(c1cccc(C)c1)S(C)(=O)=O. The maximum Gasteiger partial charge on any atom is 0.243 e. The van der Waals surface area contributed by atoms with Gasteiger partial charge in [-0.25, -0.2) is 12.8 Å². The fourth-order valence-corrected chi connectivity index (χ4v) is 5.61. The third kappa shape index (κ3) is 9.70. The number of halogens is 1. The first kappa shape index (κ1) is 31.8. The summed E-state index contributed by atoms with van der Waals surface area (Å²) in [6, 6.07) is 21.9. The molecule has 0 aliphatic heterocycles. The third-order valence-electron chi connectivity index (χ3n) is 6.84. The van der Waals surface area contributed by atoms with Gasteiger partial charge in [-0.3, -0.25) is 13.9 Å². The van der Waals surface area contributed by atoms with E-state index >= 15 is 0 Å². The van der Waals surface area contributed by atoms with Gasteiger partial charge in [0.2, 0.25) is 21.8 Å². The summed E-state index contributed by atoms with van der Waals surface area (Å²) in [4.78, 5) is 28.7. The summed E-state index contributed by atoms with van der Waals surface area (Å²) in [7, 11) is -3.60. The lowest BCUT2D eigenvalue weighted by atomic mass is 10.0. The molecule has 2 amide bonds. The molecule has 0 heterocycles. The second-order valence-corrected chi connectivity index (χ2v) is 12.1. The number of anilines is 1. The van der Waals surface area contributed by atoms with Crippen LogP contribution >= 0.6 is 0 Å². The molecule has 0 fully saturated rings. The molecule has 1 atom stereocenters. The minimum absolute atomic E-state index is 0.0141. The third-order valence-corrected chi connectivity index (χ3v) is 8.04. The molecule has 3 aromatic carbocycles. The van der Waals surface area contributed by atoms with Crippen molar-refractivity contribution >= 4 is 27.5 Å². The number of carbonyl (C=O) groups excluding carboxylic acids is 2. The minimum atomic E-state index is -3.60. The van der Waals surface area contributed by atoms with E-state index in [1.165, 1.54) is 15.3 Å². The molecule has 0 radical (unpaired) electrons. The molecular formula is C32H40FN3O4S. The second-order valence-electron chi connectivity index (χ2n) is 10.2. The predicted octanol–water partition coefficient (Wildman–Crippen LogP) is 5.24. The molecule has 1 N–H and O–H groups in total. The van der Waals surface area contributed by atoms with Crippen LogP contribution in [0, 0.1) is 12.7 Å². The summed E-state index contributed by atoms with van der Waals surface area (Å²) in [5.74, 6) is -1.11. The van der Waals surface area contributed by atoms with Crippen LogP contribution in [0.2, 0.25) is 0 Å². The van der Waals surface area contributed by atoms with E-state index in [0.717, 1.165) is 30.2 Å². The van der Waals surface area contributed by atoms with E-state index in [1.807, 2.05) is 50.2 Å². The van der Waals surface area contributed by atoms with Gasteiger partial charge in [-0.2, -0.15) is 0 Å². The summed E-state index contributed by atoms with van der Waals surface area (Å²) >= 11 is 0. The van der Waals surface area contributed by atoms with Crippen LogP contribution in [0.15, 0.2) is 78.9 Å². The van der Waals surface area contributed by atoms with Crippen LogP contribution in [0.4, 0.5) is 10.1 Å². The Bertz CT molecular complexity index is 1400. The van der Waals surface area contributed by atoms with Crippen molar-refractivity contribution in [1.29, 1.82) is 0 Å². The zero-order chi connectivity index (χ0) is 29.8. The predicted molar refractivity (Wildman–Crippen MR) is 161 cm³/mol. The number of aryl methyl sites for hydroxylation is 1. The Hall–Kier alpha value is -3.72. The van der Waals surface area contributed by atoms with Crippen molar-refractivity contribution in [3.8, 4) is 0 Å². The molecule has 220 valence electrons. The second kappa shape index (κ2) is 15.3. The van der Waals surface area contributed by atoms with E-state index in [0.29, 0.717) is 17.8 Å². The van der Waals surface area contributed by atoms with Crippen LogP contribution in [0.1, 0.15) is 49.3 Å². The number of nitrogens with zero attached hydrogens (tertiary/aromatic N) is 2. The Morgan fingerprint density at radius 1 is 0.951 bits per heavy atom. The fraction of sp³-hybridized carbons (Fsp3) is 0.375. The molecule has 0 bridgehead atoms. The Labute approximate surface area is 243 Å². The molecular weight excluding hydrogens is 541 g/mol. The van der Waals surface area contributed by atoms with Crippen LogP contribution in [0.3, 0.4) is 0 Å². The molecule has 9 heteroatoms. The fourth-order valence-electron chi connectivity index (χ4n) is 4.66. The monoisotopic (exact) mass is 581 g/mol. The summed E-state index contributed by atoms with van der Waals surface area (Å²) < 4.78 is 41.2. The van der Waals surface area contributed by atoms with Crippen molar-refractivity contribution in [3.05, 3.63) is 101 Å². The maximum atomic E-state index is 14.8. The Morgan fingerprint density at radius 3 is 2.32 bits per heavy atom. The van der Waals surface area contributed by atoms with E-state index in [2.05, 4.69) is 5.32 Å². The quantitative estimate of drug-likeness (QED) is 0.249. The number of nitrogens with one attached hydrogen (secondary N) is 1. The highest BCUT2D eigenvalue weighted by molar-refractivity contribution is 7.92. The van der Waals surface area contributed by atoms with Gasteiger partial charge in [0.05, 0.1) is 11.9 Å². The van der Waals surface area contributed by atoms with Crippen molar-refractivity contribution < 1.29 is 22.4 Å². The van der Waals surface area contributed by atoms with Crippen molar-refractivity contribution in [2.24, 2.45) is 0 Å². The number of unbranched alkanes of at least 4 members (excludes halogenated alkanes) is 1. The normalized spacial score (nSPS) is 12.0. The highest BCUT2D eigenvalue weighted by atomic mass is 32.2. The molecule has 0 aromatic heterocycles. The highest BCUT2D eigenvalue weighted by Crippen LogP contribution is 2.21. The smallest absolute Gasteiger partial charge is 0.243 e. The standard InChI is InChI=1S/C32H40FN3O4S/c1-4-5-20-34-32(38)30(23-26-14-7-6-8-15-26)35(24-27-16-9-10-18-29(27)33)31(37)19-12-21-36(41(3,39)40)28-17-11-13-25(2)22-28/h6-11,13-18,22,30H,4-5,12,19-21,23-24H2,1-3H3,(H,34,38). The number of hydrogen-bond acceptors (Lipinski definition) is 4. The molecule has 0 saturated carbocycles. The molecule has 0 aliphatic carbocycles. The number of sulfonamides is 1. The number of benzene rings is 3. The van der Waals surface area contributed by atoms with Gasteiger partial charge in [0.25, 0.3) is 0 Å². The van der Waals surface area contributed by atoms with Crippen LogP contribution in [0.5, 0.6) is 0 Å². The number of hydrogen-bond donors (Lipinski definition) is 1. The van der Waals surface area contributed by atoms with Gasteiger partial charge in [0, 0.05) is 38.0 Å². The van der Waals surface area contributed by atoms with Crippen LogP contribution < -0.4 is 9.62 Å². The van der Waals surface area contributed by atoms with Crippen molar-refractivity contribution in [3.63, 3.8) is 0 Å². The van der Waals surface area contributed by atoms with Gasteiger partial charge in [-0.15, -0.1) is 0 Å². The summed E-state index contributed by atoms with van der Waals surface area (Å²) in [6.07, 6.45) is 3.31. The largest absolute Gasteiger partial charge is 0.354 e. The molecule has 0 aliphatic rings. The van der Waals surface area contributed by atoms with Crippen molar-refractivity contribution in [2.45, 2.75) is 58.5 Å². The Morgan fingerprint density at radius 2 is 1.66 bits per heavy atom. The average Bonchev–Trinajstić information content (AvgIpc) is 2.93. The lowest BCUT2D eigenvalue weighted by Crippen LogP contribution is -2.50. The van der Waals surface area contributed by atoms with Gasteiger partial charge < -0.3 is 10.2 Å². The molecule has 3 aromatic rings. The zero-order valence-corrected chi connectivity index (χ0v) is 24.9. The average molecular weight is 582 g/mol. The molecule has 3 rings (SSSR count). The summed E-state index contributed by atoms with van der Waals surface area (Å²) in [5, 5.41) is 2.95. The molecule has 7 nitrogen and oxygen atoms in total. The number of rotatable bonds is 15. The zero-order valence-electron chi connectivity index (χ0n) is 24.1. The molecule has 0 spiro atoms. The number of amides is 2. The molecule has 1 unspecified atom stereocenters.